The monoisotopic (exact) mass is 450 g/mol. The van der Waals surface area contributed by atoms with Crippen molar-refractivity contribution in [1.82, 2.24) is 4.90 Å². The van der Waals surface area contributed by atoms with Gasteiger partial charge in [-0.05, 0) is 73.4 Å². The van der Waals surface area contributed by atoms with Crippen molar-refractivity contribution in [3.05, 3.63) is 89.5 Å². The van der Waals surface area contributed by atoms with Crippen LogP contribution in [0.1, 0.15) is 40.9 Å². The van der Waals surface area contributed by atoms with Gasteiger partial charge in [-0.15, -0.1) is 0 Å². The van der Waals surface area contributed by atoms with E-state index >= 15 is 0 Å². The summed E-state index contributed by atoms with van der Waals surface area (Å²) in [6, 6.07) is 21.0. The van der Waals surface area contributed by atoms with Gasteiger partial charge in [-0.2, -0.15) is 0 Å². The van der Waals surface area contributed by atoms with Gasteiger partial charge in [-0.25, -0.2) is 8.42 Å². The number of nitrogens with one attached hydrogen (secondary N) is 1. The van der Waals surface area contributed by atoms with Gasteiger partial charge in [0.1, 0.15) is 5.75 Å². The predicted molar refractivity (Wildman–Crippen MR) is 124 cm³/mol. The number of ether oxygens (including phenoxy) is 1. The molecule has 166 valence electrons. The molecule has 6 nitrogen and oxygen atoms in total. The van der Waals surface area contributed by atoms with E-state index in [0.29, 0.717) is 23.6 Å². The number of rotatable bonds is 7. The lowest BCUT2D eigenvalue weighted by atomic mass is 10.1. The molecular weight excluding hydrogens is 424 g/mol. The van der Waals surface area contributed by atoms with Crippen LogP contribution in [-0.4, -0.2) is 32.9 Å². The molecule has 1 unspecified atom stereocenters. The van der Waals surface area contributed by atoms with Crippen molar-refractivity contribution in [1.29, 1.82) is 0 Å². The Labute approximate surface area is 188 Å². The standard InChI is InChI=1S/C25H26N2O4S/c1-3-31-21-12-14-22(15-13-21)32(29,30)26-20-9-6-8-19(17-20)25(28)27(2)24-16-11-18-7-4-5-10-23(18)24/h4-10,12-15,17,24,26H,3,11,16H2,1-2H3. The first-order chi connectivity index (χ1) is 15.4. The van der Waals surface area contributed by atoms with E-state index in [1.165, 1.54) is 23.3 Å². The van der Waals surface area contributed by atoms with Crippen molar-refractivity contribution in [2.45, 2.75) is 30.7 Å². The van der Waals surface area contributed by atoms with Crippen molar-refractivity contribution in [2.24, 2.45) is 0 Å². The van der Waals surface area contributed by atoms with Gasteiger partial charge in [0.05, 0.1) is 17.5 Å². The highest BCUT2D eigenvalue weighted by atomic mass is 32.2. The first kappa shape index (κ1) is 21.9. The Morgan fingerprint density at radius 3 is 2.56 bits per heavy atom. The van der Waals surface area contributed by atoms with Crippen LogP contribution in [0.4, 0.5) is 5.69 Å². The summed E-state index contributed by atoms with van der Waals surface area (Å²) in [6.07, 6.45) is 1.83. The molecule has 1 N–H and O–H groups in total. The number of aryl methyl sites for hydroxylation is 1. The first-order valence-electron chi connectivity index (χ1n) is 10.6. The van der Waals surface area contributed by atoms with Crippen LogP contribution in [0.5, 0.6) is 5.75 Å². The summed E-state index contributed by atoms with van der Waals surface area (Å²) in [5.74, 6) is 0.462. The summed E-state index contributed by atoms with van der Waals surface area (Å²) < 4.78 is 33.5. The normalized spacial score (nSPS) is 15.1. The van der Waals surface area contributed by atoms with Crippen LogP contribution >= 0.6 is 0 Å². The summed E-state index contributed by atoms with van der Waals surface area (Å²) in [4.78, 5) is 15.0. The fraction of sp³-hybridized carbons (Fsp3) is 0.240. The Kier molecular flexibility index (Phi) is 6.19. The highest BCUT2D eigenvalue weighted by molar-refractivity contribution is 7.92. The topological polar surface area (TPSA) is 75.7 Å². The molecule has 0 fully saturated rings. The number of hydrogen-bond acceptors (Lipinski definition) is 4. The minimum absolute atomic E-state index is 0.0166. The second-order valence-electron chi connectivity index (χ2n) is 7.76. The molecule has 0 bridgehead atoms. The Hall–Kier alpha value is -3.32. The van der Waals surface area contributed by atoms with Crippen LogP contribution in [0.3, 0.4) is 0 Å². The van der Waals surface area contributed by atoms with Crippen LogP contribution in [0.25, 0.3) is 0 Å². The molecule has 0 aliphatic heterocycles. The molecule has 0 saturated heterocycles. The maximum atomic E-state index is 13.2. The van der Waals surface area contributed by atoms with Crippen molar-refractivity contribution in [3.63, 3.8) is 0 Å². The number of carbonyl (C=O) groups is 1. The fourth-order valence-corrected chi connectivity index (χ4v) is 5.14. The largest absolute Gasteiger partial charge is 0.494 e. The zero-order chi connectivity index (χ0) is 22.7. The van der Waals surface area contributed by atoms with Gasteiger partial charge < -0.3 is 9.64 Å². The number of amides is 1. The Bertz CT molecular complexity index is 1220. The molecule has 1 aliphatic rings. The number of sulfonamides is 1. The lowest BCUT2D eigenvalue weighted by Gasteiger charge is -2.26. The molecule has 0 radical (unpaired) electrons. The molecule has 1 aliphatic carbocycles. The second-order valence-corrected chi connectivity index (χ2v) is 9.44. The summed E-state index contributed by atoms with van der Waals surface area (Å²) in [5, 5.41) is 0. The van der Waals surface area contributed by atoms with E-state index in [1.807, 2.05) is 19.1 Å². The maximum absolute atomic E-state index is 13.2. The average Bonchev–Trinajstić information content (AvgIpc) is 3.23. The minimum Gasteiger partial charge on any atom is -0.494 e. The summed E-state index contributed by atoms with van der Waals surface area (Å²) in [7, 11) is -2.00. The molecule has 0 spiro atoms. The molecule has 3 aromatic carbocycles. The lowest BCUT2D eigenvalue weighted by molar-refractivity contribution is 0.0730. The molecule has 0 aromatic heterocycles. The van der Waals surface area contributed by atoms with Gasteiger partial charge in [0.2, 0.25) is 0 Å². The van der Waals surface area contributed by atoms with Crippen molar-refractivity contribution >= 4 is 21.6 Å². The Balaban J connectivity index is 1.51. The van der Waals surface area contributed by atoms with Gasteiger partial charge in [-0.1, -0.05) is 30.3 Å². The highest BCUT2D eigenvalue weighted by Gasteiger charge is 2.29. The molecule has 32 heavy (non-hydrogen) atoms. The number of carbonyl (C=O) groups excluding carboxylic acids is 1. The minimum atomic E-state index is -3.79. The first-order valence-corrected chi connectivity index (χ1v) is 12.1. The van der Waals surface area contributed by atoms with Gasteiger partial charge >= 0.3 is 0 Å². The van der Waals surface area contributed by atoms with Gasteiger partial charge in [0, 0.05) is 18.3 Å². The molecule has 0 saturated carbocycles. The summed E-state index contributed by atoms with van der Waals surface area (Å²) in [5.41, 5.74) is 3.22. The van der Waals surface area contributed by atoms with E-state index in [9.17, 15) is 13.2 Å². The summed E-state index contributed by atoms with van der Waals surface area (Å²) >= 11 is 0. The van der Waals surface area contributed by atoms with Crippen LogP contribution in [0.15, 0.2) is 77.7 Å². The molecular formula is C25H26N2O4S. The number of hydrogen-bond donors (Lipinski definition) is 1. The van der Waals surface area contributed by atoms with Crippen LogP contribution in [0.2, 0.25) is 0 Å². The number of benzene rings is 3. The SMILES string of the molecule is CCOc1ccc(S(=O)(=O)Nc2cccc(C(=O)N(C)C3CCc4ccccc43)c2)cc1. The van der Waals surface area contributed by atoms with Gasteiger partial charge in [0.25, 0.3) is 15.9 Å². The smallest absolute Gasteiger partial charge is 0.261 e. The Morgan fingerprint density at radius 2 is 1.81 bits per heavy atom. The Morgan fingerprint density at radius 1 is 1.06 bits per heavy atom. The molecule has 0 heterocycles. The van der Waals surface area contributed by atoms with E-state index < -0.39 is 10.0 Å². The average molecular weight is 451 g/mol. The van der Waals surface area contributed by atoms with Crippen LogP contribution in [-0.2, 0) is 16.4 Å². The van der Waals surface area contributed by atoms with E-state index in [0.717, 1.165) is 12.8 Å². The fourth-order valence-electron chi connectivity index (χ4n) is 4.09. The van der Waals surface area contributed by atoms with E-state index in [1.54, 1.807) is 48.3 Å². The zero-order valence-electron chi connectivity index (χ0n) is 18.1. The third kappa shape index (κ3) is 4.48. The molecule has 1 atom stereocenters. The van der Waals surface area contributed by atoms with Crippen LogP contribution in [0, 0.1) is 0 Å². The quantitative estimate of drug-likeness (QED) is 0.569. The second kappa shape index (κ2) is 9.04. The van der Waals surface area contributed by atoms with Crippen molar-refractivity contribution < 1.29 is 17.9 Å². The van der Waals surface area contributed by atoms with Gasteiger partial charge in [0.15, 0.2) is 0 Å². The predicted octanol–water partition coefficient (Wildman–Crippen LogP) is 4.65. The number of nitrogens with zero attached hydrogens (tertiary/aromatic N) is 1. The maximum Gasteiger partial charge on any atom is 0.261 e. The molecule has 1 amide bonds. The number of fused-ring (bicyclic) bond motifs is 1. The van der Waals surface area contributed by atoms with Gasteiger partial charge in [-0.3, -0.25) is 9.52 Å². The lowest BCUT2D eigenvalue weighted by Crippen LogP contribution is -2.30. The molecule has 4 rings (SSSR count). The third-order valence-corrected chi connectivity index (χ3v) is 7.09. The van der Waals surface area contributed by atoms with E-state index in [-0.39, 0.29) is 16.8 Å². The van der Waals surface area contributed by atoms with Crippen LogP contribution < -0.4 is 9.46 Å². The molecule has 3 aromatic rings. The van der Waals surface area contributed by atoms with Crippen molar-refractivity contribution in [3.8, 4) is 5.75 Å². The zero-order valence-corrected chi connectivity index (χ0v) is 18.9. The van der Waals surface area contributed by atoms with Crippen molar-refractivity contribution in [2.75, 3.05) is 18.4 Å². The highest BCUT2D eigenvalue weighted by Crippen LogP contribution is 2.35. The van der Waals surface area contributed by atoms with E-state index in [4.69, 9.17) is 4.74 Å². The summed E-state index contributed by atoms with van der Waals surface area (Å²) in [6.45, 7) is 2.37. The third-order valence-electron chi connectivity index (χ3n) is 5.70. The van der Waals surface area contributed by atoms with E-state index in [2.05, 4.69) is 16.9 Å². The number of anilines is 1. The molecule has 7 heteroatoms.